The summed E-state index contributed by atoms with van der Waals surface area (Å²) >= 11 is 5.95. The lowest BCUT2D eigenvalue weighted by molar-refractivity contribution is -0.137. The van der Waals surface area contributed by atoms with E-state index in [9.17, 15) is 4.79 Å². The molecule has 0 atom stereocenters. The smallest absolute Gasteiger partial charge is 0.330 e. The number of aromatic nitrogens is 1. The Labute approximate surface area is 124 Å². The molecule has 1 aliphatic carbocycles. The molecular weight excluding hydrogens is 276 g/mol. The Bertz CT molecular complexity index is 497. The molecule has 1 aromatic rings. The van der Waals surface area contributed by atoms with Crippen LogP contribution in [-0.4, -0.2) is 23.6 Å². The number of hydrogen-bond acceptors (Lipinski definition) is 4. The fourth-order valence-corrected chi connectivity index (χ4v) is 2.49. The number of pyridine rings is 1. The minimum atomic E-state index is -0.353. The van der Waals surface area contributed by atoms with E-state index >= 15 is 0 Å². The van der Waals surface area contributed by atoms with Crippen molar-refractivity contribution in [1.82, 2.24) is 4.98 Å². The number of rotatable bonds is 5. The van der Waals surface area contributed by atoms with Crippen molar-refractivity contribution in [2.45, 2.75) is 38.6 Å². The molecule has 20 heavy (non-hydrogen) atoms. The highest BCUT2D eigenvalue weighted by molar-refractivity contribution is 6.29. The molecule has 0 aromatic carbocycles. The van der Waals surface area contributed by atoms with Crippen molar-refractivity contribution < 1.29 is 9.53 Å². The van der Waals surface area contributed by atoms with Gasteiger partial charge in [-0.2, -0.15) is 0 Å². The Morgan fingerprint density at radius 1 is 1.55 bits per heavy atom. The second-order valence-corrected chi connectivity index (χ2v) is 5.19. The molecule has 2 rings (SSSR count). The molecule has 0 aliphatic heterocycles. The average molecular weight is 295 g/mol. The van der Waals surface area contributed by atoms with Crippen molar-refractivity contribution in [2.75, 3.05) is 11.9 Å². The third-order valence-corrected chi connectivity index (χ3v) is 3.51. The number of carbonyl (C=O) groups excluding carboxylic acids is 1. The van der Waals surface area contributed by atoms with Gasteiger partial charge in [0.25, 0.3) is 0 Å². The van der Waals surface area contributed by atoms with Gasteiger partial charge >= 0.3 is 5.97 Å². The number of anilines is 1. The summed E-state index contributed by atoms with van der Waals surface area (Å²) in [5, 5.41) is 3.92. The van der Waals surface area contributed by atoms with E-state index in [0.29, 0.717) is 17.8 Å². The van der Waals surface area contributed by atoms with Gasteiger partial charge in [0.05, 0.1) is 6.61 Å². The maximum Gasteiger partial charge on any atom is 0.330 e. The maximum absolute atomic E-state index is 11.4. The summed E-state index contributed by atoms with van der Waals surface area (Å²) in [7, 11) is 0. The monoisotopic (exact) mass is 294 g/mol. The van der Waals surface area contributed by atoms with Crippen molar-refractivity contribution in [1.29, 1.82) is 0 Å². The van der Waals surface area contributed by atoms with E-state index in [1.807, 2.05) is 0 Å². The molecule has 0 amide bonds. The van der Waals surface area contributed by atoms with Crippen LogP contribution in [0, 0.1) is 0 Å². The van der Waals surface area contributed by atoms with Gasteiger partial charge in [-0.15, -0.1) is 0 Å². The molecular formula is C15H19ClN2O2. The quantitative estimate of drug-likeness (QED) is 0.511. The molecule has 0 spiro atoms. The lowest BCUT2D eigenvalue weighted by Gasteiger charge is -2.15. The van der Waals surface area contributed by atoms with Crippen molar-refractivity contribution >= 4 is 29.3 Å². The highest BCUT2D eigenvalue weighted by atomic mass is 35.5. The number of esters is 1. The number of halogens is 1. The first-order chi connectivity index (χ1) is 9.69. The number of nitrogens with one attached hydrogen (secondary N) is 1. The molecule has 5 heteroatoms. The molecule has 0 saturated heterocycles. The molecule has 1 aromatic heterocycles. The lowest BCUT2D eigenvalue weighted by atomic mass is 10.1. The largest absolute Gasteiger partial charge is 0.463 e. The molecule has 1 N–H and O–H groups in total. The third-order valence-electron chi connectivity index (χ3n) is 3.30. The van der Waals surface area contributed by atoms with Crippen LogP contribution < -0.4 is 5.32 Å². The number of hydrogen-bond donors (Lipinski definition) is 1. The summed E-state index contributed by atoms with van der Waals surface area (Å²) in [5.74, 6) is -0.353. The van der Waals surface area contributed by atoms with Gasteiger partial charge in [0, 0.05) is 29.6 Å². The predicted molar refractivity (Wildman–Crippen MR) is 80.8 cm³/mol. The topological polar surface area (TPSA) is 51.2 Å². The van der Waals surface area contributed by atoms with E-state index in [4.69, 9.17) is 16.3 Å². The van der Waals surface area contributed by atoms with Gasteiger partial charge < -0.3 is 10.1 Å². The first kappa shape index (κ1) is 14.9. The Hall–Kier alpha value is -1.55. The van der Waals surface area contributed by atoms with E-state index in [1.54, 1.807) is 25.3 Å². The van der Waals surface area contributed by atoms with Gasteiger partial charge in [0.1, 0.15) is 5.15 Å². The minimum Gasteiger partial charge on any atom is -0.463 e. The number of nitrogens with zero attached hydrogens (tertiary/aromatic N) is 1. The lowest BCUT2D eigenvalue weighted by Crippen LogP contribution is -2.15. The van der Waals surface area contributed by atoms with Gasteiger partial charge in [-0.25, -0.2) is 9.78 Å². The van der Waals surface area contributed by atoms with Crippen LogP contribution in [-0.2, 0) is 9.53 Å². The summed E-state index contributed by atoms with van der Waals surface area (Å²) in [6.45, 7) is 2.15. The Morgan fingerprint density at radius 2 is 2.30 bits per heavy atom. The highest BCUT2D eigenvalue weighted by Crippen LogP contribution is 2.26. The van der Waals surface area contributed by atoms with Crippen LogP contribution in [0.25, 0.3) is 6.08 Å². The van der Waals surface area contributed by atoms with Gasteiger partial charge in [-0.3, -0.25) is 0 Å². The first-order valence-corrected chi connectivity index (χ1v) is 7.33. The van der Waals surface area contributed by atoms with E-state index in [-0.39, 0.29) is 5.97 Å². The van der Waals surface area contributed by atoms with E-state index in [0.717, 1.165) is 11.3 Å². The van der Waals surface area contributed by atoms with E-state index < -0.39 is 0 Å². The van der Waals surface area contributed by atoms with Gasteiger partial charge in [-0.1, -0.05) is 24.4 Å². The standard InChI is InChI=1S/C15H19ClN2O2/c1-2-20-15(19)8-7-11-10-17-14(16)9-13(11)18-12-5-3-4-6-12/h7-10,12H,2-6H2,1H3,(H,17,18)/b8-7+. The molecule has 1 saturated carbocycles. The third kappa shape index (κ3) is 4.23. The fourth-order valence-electron chi connectivity index (χ4n) is 2.34. The second kappa shape index (κ2) is 7.29. The number of ether oxygens (including phenoxy) is 1. The van der Waals surface area contributed by atoms with Crippen LogP contribution in [0.4, 0.5) is 5.69 Å². The zero-order valence-electron chi connectivity index (χ0n) is 11.6. The Kier molecular flexibility index (Phi) is 5.41. The molecule has 1 heterocycles. The average Bonchev–Trinajstić information content (AvgIpc) is 2.91. The minimum absolute atomic E-state index is 0.353. The summed E-state index contributed by atoms with van der Waals surface area (Å²) in [4.78, 5) is 15.4. The molecule has 1 fully saturated rings. The van der Waals surface area contributed by atoms with Crippen molar-refractivity contribution in [3.05, 3.63) is 29.1 Å². The SMILES string of the molecule is CCOC(=O)/C=C/c1cnc(Cl)cc1NC1CCCC1. The molecule has 0 bridgehead atoms. The Morgan fingerprint density at radius 3 is 3.00 bits per heavy atom. The van der Waals surface area contributed by atoms with Crippen LogP contribution in [0.3, 0.4) is 0 Å². The normalized spacial score (nSPS) is 15.7. The molecule has 0 radical (unpaired) electrons. The molecule has 0 unspecified atom stereocenters. The van der Waals surface area contributed by atoms with E-state index in [1.165, 1.54) is 31.8 Å². The maximum atomic E-state index is 11.4. The van der Waals surface area contributed by atoms with Crippen LogP contribution in [0.15, 0.2) is 18.3 Å². The van der Waals surface area contributed by atoms with Crippen molar-refractivity contribution in [3.63, 3.8) is 0 Å². The van der Waals surface area contributed by atoms with Crippen LogP contribution in [0.2, 0.25) is 5.15 Å². The Balaban J connectivity index is 2.12. The van der Waals surface area contributed by atoms with Gasteiger partial charge in [-0.05, 0) is 31.9 Å². The second-order valence-electron chi connectivity index (χ2n) is 4.81. The summed E-state index contributed by atoms with van der Waals surface area (Å²) in [5.41, 5.74) is 1.76. The number of carbonyl (C=O) groups is 1. The van der Waals surface area contributed by atoms with Gasteiger partial charge in [0.15, 0.2) is 0 Å². The summed E-state index contributed by atoms with van der Waals surface area (Å²) in [6, 6.07) is 2.27. The van der Waals surface area contributed by atoms with Gasteiger partial charge in [0.2, 0.25) is 0 Å². The van der Waals surface area contributed by atoms with Crippen LogP contribution >= 0.6 is 11.6 Å². The van der Waals surface area contributed by atoms with E-state index in [2.05, 4.69) is 10.3 Å². The predicted octanol–water partition coefficient (Wildman–Crippen LogP) is 3.67. The molecule has 1 aliphatic rings. The van der Waals surface area contributed by atoms with Crippen molar-refractivity contribution in [3.8, 4) is 0 Å². The summed E-state index contributed by atoms with van der Waals surface area (Å²) < 4.78 is 4.87. The zero-order valence-corrected chi connectivity index (χ0v) is 12.3. The molecule has 4 nitrogen and oxygen atoms in total. The van der Waals surface area contributed by atoms with Crippen molar-refractivity contribution in [2.24, 2.45) is 0 Å². The molecule has 108 valence electrons. The highest BCUT2D eigenvalue weighted by Gasteiger charge is 2.15. The fraction of sp³-hybridized carbons (Fsp3) is 0.467. The summed E-state index contributed by atoms with van der Waals surface area (Å²) in [6.07, 6.45) is 9.62. The zero-order chi connectivity index (χ0) is 14.4. The van der Waals surface area contributed by atoms with Crippen LogP contribution in [0.1, 0.15) is 38.2 Å². The van der Waals surface area contributed by atoms with Crippen LogP contribution in [0.5, 0.6) is 0 Å². The first-order valence-electron chi connectivity index (χ1n) is 6.96.